The van der Waals surface area contributed by atoms with E-state index in [1.54, 1.807) is 24.4 Å². The van der Waals surface area contributed by atoms with E-state index in [4.69, 9.17) is 9.47 Å². The van der Waals surface area contributed by atoms with E-state index >= 15 is 0 Å². The molecule has 1 aromatic heterocycles. The molecule has 0 fully saturated rings. The molecule has 0 radical (unpaired) electrons. The summed E-state index contributed by atoms with van der Waals surface area (Å²) in [6.07, 6.45) is 3.79. The maximum Gasteiger partial charge on any atom is 0.257 e. The van der Waals surface area contributed by atoms with E-state index in [-0.39, 0.29) is 12.7 Å². The van der Waals surface area contributed by atoms with Crippen LogP contribution in [0.4, 0.5) is 17.2 Å². The van der Waals surface area contributed by atoms with Crippen LogP contribution in [0.3, 0.4) is 0 Å². The molecule has 2 aliphatic rings. The number of amides is 1. The summed E-state index contributed by atoms with van der Waals surface area (Å²) in [5.41, 5.74) is 3.69. The van der Waals surface area contributed by atoms with Crippen molar-refractivity contribution in [2.24, 2.45) is 0 Å². The van der Waals surface area contributed by atoms with Crippen LogP contribution in [0.5, 0.6) is 11.5 Å². The minimum Gasteiger partial charge on any atom is -0.454 e. The van der Waals surface area contributed by atoms with Gasteiger partial charge in [-0.3, -0.25) is 4.79 Å². The lowest BCUT2D eigenvalue weighted by molar-refractivity contribution is 0.102. The lowest BCUT2D eigenvalue weighted by Gasteiger charge is -2.30. The van der Waals surface area contributed by atoms with Crippen molar-refractivity contribution in [2.75, 3.05) is 23.6 Å². The molecule has 0 spiro atoms. The van der Waals surface area contributed by atoms with Gasteiger partial charge < -0.3 is 19.7 Å². The Bertz CT molecular complexity index is 1030. The molecule has 3 aromatic rings. The Labute approximate surface area is 162 Å². The number of carbonyl (C=O) groups is 1. The van der Waals surface area contributed by atoms with Gasteiger partial charge in [-0.2, -0.15) is 0 Å². The first-order valence-electron chi connectivity index (χ1n) is 9.30. The van der Waals surface area contributed by atoms with Gasteiger partial charge in [0.2, 0.25) is 6.79 Å². The summed E-state index contributed by atoms with van der Waals surface area (Å²) in [6, 6.07) is 17.4. The maximum atomic E-state index is 12.6. The Balaban J connectivity index is 1.33. The summed E-state index contributed by atoms with van der Waals surface area (Å²) < 4.78 is 10.6. The number of pyridine rings is 1. The van der Waals surface area contributed by atoms with Gasteiger partial charge in [-0.25, -0.2) is 4.98 Å². The number of nitrogens with one attached hydrogen (secondary N) is 1. The lowest BCUT2D eigenvalue weighted by Crippen LogP contribution is -2.25. The third kappa shape index (κ3) is 3.03. The van der Waals surface area contributed by atoms with E-state index in [2.05, 4.69) is 33.4 Å². The molecule has 1 amide bonds. The highest BCUT2D eigenvalue weighted by atomic mass is 16.7. The van der Waals surface area contributed by atoms with Crippen LogP contribution < -0.4 is 19.7 Å². The van der Waals surface area contributed by atoms with Crippen molar-refractivity contribution in [2.45, 2.75) is 12.8 Å². The van der Waals surface area contributed by atoms with Gasteiger partial charge in [0.1, 0.15) is 5.82 Å². The number of anilines is 3. The number of hydrogen-bond donors (Lipinski definition) is 1. The van der Waals surface area contributed by atoms with Gasteiger partial charge in [0.25, 0.3) is 5.91 Å². The van der Waals surface area contributed by atoms with Crippen molar-refractivity contribution >= 4 is 23.1 Å². The molecule has 0 saturated heterocycles. The van der Waals surface area contributed by atoms with E-state index in [1.807, 2.05) is 18.2 Å². The van der Waals surface area contributed by atoms with Crippen LogP contribution in [0.2, 0.25) is 0 Å². The fourth-order valence-corrected chi connectivity index (χ4v) is 3.63. The second kappa shape index (κ2) is 6.88. The van der Waals surface area contributed by atoms with Crippen LogP contribution in [-0.4, -0.2) is 24.2 Å². The van der Waals surface area contributed by atoms with Gasteiger partial charge >= 0.3 is 0 Å². The molecule has 0 unspecified atom stereocenters. The molecule has 0 atom stereocenters. The quantitative estimate of drug-likeness (QED) is 0.747. The molecule has 0 bridgehead atoms. The molecule has 6 nitrogen and oxygen atoms in total. The zero-order chi connectivity index (χ0) is 18.9. The highest BCUT2D eigenvalue weighted by Gasteiger charge is 2.19. The number of ether oxygens (including phenoxy) is 2. The molecular formula is C22H19N3O3. The zero-order valence-electron chi connectivity index (χ0n) is 15.2. The molecule has 5 rings (SSSR count). The minimum atomic E-state index is -0.211. The SMILES string of the molecule is O=C(Nc1ccc2c(c1)OCO2)c1ccc(N2CCCc3ccccc32)nc1. The summed E-state index contributed by atoms with van der Waals surface area (Å²) >= 11 is 0. The van der Waals surface area contributed by atoms with Gasteiger partial charge in [-0.15, -0.1) is 0 Å². The largest absolute Gasteiger partial charge is 0.454 e. The van der Waals surface area contributed by atoms with Crippen molar-refractivity contribution < 1.29 is 14.3 Å². The number of benzene rings is 2. The Morgan fingerprint density at radius 1 is 1.04 bits per heavy atom. The van der Waals surface area contributed by atoms with E-state index in [1.165, 1.54) is 11.3 Å². The molecule has 1 N–H and O–H groups in total. The fraction of sp³-hybridized carbons (Fsp3) is 0.182. The fourth-order valence-electron chi connectivity index (χ4n) is 3.63. The van der Waals surface area contributed by atoms with Gasteiger partial charge in [-0.1, -0.05) is 18.2 Å². The van der Waals surface area contributed by atoms with Crippen molar-refractivity contribution in [3.63, 3.8) is 0 Å². The predicted molar refractivity (Wildman–Crippen MR) is 107 cm³/mol. The average molecular weight is 373 g/mol. The van der Waals surface area contributed by atoms with Gasteiger partial charge in [0, 0.05) is 30.2 Å². The van der Waals surface area contributed by atoms with Crippen molar-refractivity contribution in [3.8, 4) is 11.5 Å². The monoisotopic (exact) mass is 373 g/mol. The minimum absolute atomic E-state index is 0.206. The van der Waals surface area contributed by atoms with Crippen LogP contribution in [0, 0.1) is 0 Å². The first-order valence-corrected chi connectivity index (χ1v) is 9.30. The smallest absolute Gasteiger partial charge is 0.257 e. The first-order chi connectivity index (χ1) is 13.8. The highest BCUT2D eigenvalue weighted by Crippen LogP contribution is 2.34. The Morgan fingerprint density at radius 2 is 1.93 bits per heavy atom. The molecule has 3 heterocycles. The predicted octanol–water partition coefficient (Wildman–Crippen LogP) is 4.15. The third-order valence-corrected chi connectivity index (χ3v) is 5.03. The van der Waals surface area contributed by atoms with Crippen LogP contribution in [-0.2, 0) is 6.42 Å². The molecule has 0 saturated carbocycles. The van der Waals surface area contributed by atoms with Crippen LogP contribution in [0.1, 0.15) is 22.3 Å². The Morgan fingerprint density at radius 3 is 2.82 bits per heavy atom. The number of carbonyl (C=O) groups excluding carboxylic acids is 1. The molecule has 2 aromatic carbocycles. The molecular weight excluding hydrogens is 354 g/mol. The van der Waals surface area contributed by atoms with Gasteiger partial charge in [0.15, 0.2) is 11.5 Å². The summed E-state index contributed by atoms with van der Waals surface area (Å²) in [4.78, 5) is 19.3. The van der Waals surface area contributed by atoms with E-state index in [0.29, 0.717) is 22.7 Å². The van der Waals surface area contributed by atoms with E-state index in [0.717, 1.165) is 25.2 Å². The molecule has 2 aliphatic heterocycles. The van der Waals surface area contributed by atoms with E-state index in [9.17, 15) is 4.79 Å². The zero-order valence-corrected chi connectivity index (χ0v) is 15.2. The molecule has 28 heavy (non-hydrogen) atoms. The summed E-state index contributed by atoms with van der Waals surface area (Å²) in [6.45, 7) is 1.13. The van der Waals surface area contributed by atoms with Crippen molar-refractivity contribution in [1.82, 2.24) is 4.98 Å². The number of para-hydroxylation sites is 1. The van der Waals surface area contributed by atoms with Crippen molar-refractivity contribution in [1.29, 1.82) is 0 Å². The standard InChI is InChI=1S/C22H19N3O3/c26-22(24-17-8-9-19-20(12-17)28-14-27-19)16-7-10-21(23-13-16)25-11-3-5-15-4-1-2-6-18(15)25/h1-2,4,6-10,12-13H,3,5,11,14H2,(H,24,26). The second-order valence-corrected chi connectivity index (χ2v) is 6.81. The number of fused-ring (bicyclic) bond motifs is 2. The van der Waals surface area contributed by atoms with Crippen LogP contribution in [0.15, 0.2) is 60.8 Å². The summed E-state index contributed by atoms with van der Waals surface area (Å²) in [7, 11) is 0. The average Bonchev–Trinajstić information content (AvgIpc) is 3.21. The van der Waals surface area contributed by atoms with Crippen molar-refractivity contribution in [3.05, 3.63) is 71.9 Å². The second-order valence-electron chi connectivity index (χ2n) is 6.81. The number of aryl methyl sites for hydroxylation is 1. The molecule has 0 aliphatic carbocycles. The maximum absolute atomic E-state index is 12.6. The number of rotatable bonds is 3. The highest BCUT2D eigenvalue weighted by molar-refractivity contribution is 6.04. The van der Waals surface area contributed by atoms with Gasteiger partial charge in [-0.05, 0) is 48.7 Å². The van der Waals surface area contributed by atoms with Crippen LogP contribution >= 0.6 is 0 Å². The van der Waals surface area contributed by atoms with Crippen LogP contribution in [0.25, 0.3) is 0 Å². The summed E-state index contributed by atoms with van der Waals surface area (Å²) in [5.74, 6) is 1.96. The van der Waals surface area contributed by atoms with Gasteiger partial charge in [0.05, 0.1) is 5.56 Å². The summed E-state index contributed by atoms with van der Waals surface area (Å²) in [5, 5.41) is 2.87. The Hall–Kier alpha value is -3.54. The number of aromatic nitrogens is 1. The number of hydrogen-bond acceptors (Lipinski definition) is 5. The molecule has 6 heteroatoms. The molecule has 140 valence electrons. The Kier molecular flexibility index (Phi) is 4.09. The first kappa shape index (κ1) is 16.6. The topological polar surface area (TPSA) is 63.7 Å². The lowest BCUT2D eigenvalue weighted by atomic mass is 10.0. The van der Waals surface area contributed by atoms with E-state index < -0.39 is 0 Å². The number of nitrogens with zero attached hydrogens (tertiary/aromatic N) is 2. The third-order valence-electron chi connectivity index (χ3n) is 5.03. The normalized spacial score (nSPS) is 14.5.